The lowest BCUT2D eigenvalue weighted by Crippen LogP contribution is -2.37. The van der Waals surface area contributed by atoms with Gasteiger partial charge in [-0.15, -0.1) is 6.58 Å². The van der Waals surface area contributed by atoms with Crippen molar-refractivity contribution in [2.45, 2.75) is 32.3 Å². The van der Waals surface area contributed by atoms with Crippen LogP contribution < -0.4 is 10.6 Å². The normalized spacial score (nSPS) is 16.6. The van der Waals surface area contributed by atoms with E-state index >= 15 is 0 Å². The van der Waals surface area contributed by atoms with Crippen LogP contribution in [0.1, 0.15) is 35.9 Å². The Morgan fingerprint density at radius 2 is 2.12 bits per heavy atom. The summed E-state index contributed by atoms with van der Waals surface area (Å²) in [4.78, 5) is 15.3. The molecule has 1 fully saturated rings. The molecule has 0 aromatic carbocycles. The van der Waals surface area contributed by atoms with Crippen molar-refractivity contribution in [3.8, 4) is 0 Å². The molecule has 1 saturated heterocycles. The SMILES string of the molecule is C=CCc1c(C)nc(N)nc1N1CCC(C(O)c2ccccn2)CC1. The summed E-state index contributed by atoms with van der Waals surface area (Å²) in [6.07, 6.45) is 5.55. The molecule has 6 nitrogen and oxygen atoms in total. The molecule has 2 aromatic heterocycles. The van der Waals surface area contributed by atoms with Crippen LogP contribution in [0.15, 0.2) is 37.1 Å². The van der Waals surface area contributed by atoms with Gasteiger partial charge in [0.15, 0.2) is 0 Å². The number of nitrogens with two attached hydrogens (primary N) is 1. The largest absolute Gasteiger partial charge is 0.387 e. The molecular weight excluding hydrogens is 314 g/mol. The van der Waals surface area contributed by atoms with E-state index in [1.54, 1.807) is 6.20 Å². The summed E-state index contributed by atoms with van der Waals surface area (Å²) >= 11 is 0. The minimum absolute atomic E-state index is 0.203. The van der Waals surface area contributed by atoms with Crippen molar-refractivity contribution in [1.29, 1.82) is 0 Å². The van der Waals surface area contributed by atoms with Gasteiger partial charge < -0.3 is 15.7 Å². The Balaban J connectivity index is 1.73. The molecule has 2 aromatic rings. The Kier molecular flexibility index (Phi) is 5.28. The van der Waals surface area contributed by atoms with E-state index in [0.717, 1.165) is 55.1 Å². The molecule has 3 heterocycles. The molecule has 1 aliphatic rings. The fraction of sp³-hybridized carbons (Fsp3) is 0.421. The van der Waals surface area contributed by atoms with Crippen molar-refractivity contribution in [2.75, 3.05) is 23.7 Å². The van der Waals surface area contributed by atoms with Crippen LogP contribution >= 0.6 is 0 Å². The second kappa shape index (κ2) is 7.61. The molecular formula is C19H25N5O. The smallest absolute Gasteiger partial charge is 0.222 e. The molecule has 6 heteroatoms. The number of piperidine rings is 1. The molecule has 0 saturated carbocycles. The number of allylic oxidation sites excluding steroid dienone is 1. The molecule has 0 spiro atoms. The first-order chi connectivity index (χ1) is 12.1. The number of hydrogen-bond acceptors (Lipinski definition) is 6. The fourth-order valence-corrected chi connectivity index (χ4v) is 3.47. The third-order valence-electron chi connectivity index (χ3n) is 4.83. The lowest BCUT2D eigenvalue weighted by atomic mass is 9.89. The van der Waals surface area contributed by atoms with Gasteiger partial charge in [-0.1, -0.05) is 12.1 Å². The van der Waals surface area contributed by atoms with Gasteiger partial charge in [0.05, 0.1) is 11.8 Å². The number of hydrogen-bond donors (Lipinski definition) is 2. The summed E-state index contributed by atoms with van der Waals surface area (Å²) < 4.78 is 0. The van der Waals surface area contributed by atoms with E-state index in [0.29, 0.717) is 5.95 Å². The second-order valence-corrected chi connectivity index (χ2v) is 6.49. The maximum atomic E-state index is 10.6. The summed E-state index contributed by atoms with van der Waals surface area (Å²) in [6, 6.07) is 5.66. The van der Waals surface area contributed by atoms with E-state index in [1.807, 2.05) is 31.2 Å². The Morgan fingerprint density at radius 3 is 2.76 bits per heavy atom. The van der Waals surface area contributed by atoms with Crippen molar-refractivity contribution >= 4 is 11.8 Å². The number of aryl methyl sites for hydroxylation is 1. The lowest BCUT2D eigenvalue weighted by Gasteiger charge is -2.35. The van der Waals surface area contributed by atoms with Crippen LogP contribution in [0.4, 0.5) is 11.8 Å². The van der Waals surface area contributed by atoms with Gasteiger partial charge in [-0.25, -0.2) is 4.98 Å². The summed E-state index contributed by atoms with van der Waals surface area (Å²) in [6.45, 7) is 7.44. The van der Waals surface area contributed by atoms with E-state index in [1.165, 1.54) is 0 Å². The predicted octanol–water partition coefficient (Wildman–Crippen LogP) is 2.44. The Hall–Kier alpha value is -2.47. The van der Waals surface area contributed by atoms with Crippen LogP contribution in [0.3, 0.4) is 0 Å². The third kappa shape index (κ3) is 3.79. The molecule has 1 aliphatic heterocycles. The van der Waals surface area contributed by atoms with Gasteiger partial charge in [0.2, 0.25) is 5.95 Å². The molecule has 0 bridgehead atoms. The lowest BCUT2D eigenvalue weighted by molar-refractivity contribution is 0.0890. The van der Waals surface area contributed by atoms with Crippen molar-refractivity contribution in [2.24, 2.45) is 5.92 Å². The van der Waals surface area contributed by atoms with Crippen LogP contribution in [-0.4, -0.2) is 33.1 Å². The molecule has 1 unspecified atom stereocenters. The first-order valence-electron chi connectivity index (χ1n) is 8.68. The highest BCUT2D eigenvalue weighted by Crippen LogP contribution is 2.32. The molecule has 132 valence electrons. The molecule has 25 heavy (non-hydrogen) atoms. The third-order valence-corrected chi connectivity index (χ3v) is 4.83. The molecule has 1 atom stereocenters. The van der Waals surface area contributed by atoms with Crippen molar-refractivity contribution in [3.63, 3.8) is 0 Å². The first-order valence-corrected chi connectivity index (χ1v) is 8.68. The van der Waals surface area contributed by atoms with Gasteiger partial charge in [-0.2, -0.15) is 4.98 Å². The molecule has 0 amide bonds. The van der Waals surface area contributed by atoms with E-state index in [-0.39, 0.29) is 5.92 Å². The minimum Gasteiger partial charge on any atom is -0.387 e. The Morgan fingerprint density at radius 1 is 1.36 bits per heavy atom. The number of aliphatic hydroxyl groups is 1. The van der Waals surface area contributed by atoms with E-state index in [9.17, 15) is 5.11 Å². The van der Waals surface area contributed by atoms with Gasteiger partial charge in [-0.3, -0.25) is 4.98 Å². The monoisotopic (exact) mass is 339 g/mol. The topological polar surface area (TPSA) is 88.2 Å². The number of rotatable bonds is 5. The fourth-order valence-electron chi connectivity index (χ4n) is 3.47. The number of anilines is 2. The zero-order valence-corrected chi connectivity index (χ0v) is 14.6. The molecule has 0 radical (unpaired) electrons. The standard InChI is InChI=1S/C19H25N5O/c1-3-6-15-13(2)22-19(20)23-18(15)24-11-8-14(9-12-24)17(25)16-7-4-5-10-21-16/h3-5,7,10,14,17,25H,1,6,8-9,11-12H2,2H3,(H2,20,22,23). The predicted molar refractivity (Wildman–Crippen MR) is 99.2 cm³/mol. The Labute approximate surface area is 148 Å². The maximum Gasteiger partial charge on any atom is 0.222 e. The highest BCUT2D eigenvalue weighted by atomic mass is 16.3. The average molecular weight is 339 g/mol. The van der Waals surface area contributed by atoms with Crippen molar-refractivity contribution < 1.29 is 5.11 Å². The summed E-state index contributed by atoms with van der Waals surface area (Å²) in [5.74, 6) is 1.40. The van der Waals surface area contributed by atoms with Crippen molar-refractivity contribution in [1.82, 2.24) is 15.0 Å². The highest BCUT2D eigenvalue weighted by molar-refractivity contribution is 5.52. The zero-order chi connectivity index (χ0) is 17.8. The van der Waals surface area contributed by atoms with Gasteiger partial charge in [0.1, 0.15) is 5.82 Å². The van der Waals surface area contributed by atoms with Gasteiger partial charge in [0, 0.05) is 30.5 Å². The van der Waals surface area contributed by atoms with Gasteiger partial charge in [-0.05, 0) is 44.2 Å². The number of aliphatic hydroxyl groups excluding tert-OH is 1. The first kappa shape index (κ1) is 17.4. The van der Waals surface area contributed by atoms with Crippen LogP contribution in [0.25, 0.3) is 0 Å². The number of nitrogen functional groups attached to an aromatic ring is 1. The van der Waals surface area contributed by atoms with E-state index < -0.39 is 6.10 Å². The average Bonchev–Trinajstić information content (AvgIpc) is 2.64. The number of nitrogens with zero attached hydrogens (tertiary/aromatic N) is 4. The molecule has 3 rings (SSSR count). The Bertz CT molecular complexity index is 726. The summed E-state index contributed by atoms with van der Waals surface area (Å²) in [5, 5.41) is 10.6. The van der Waals surface area contributed by atoms with Crippen LogP contribution in [0, 0.1) is 12.8 Å². The second-order valence-electron chi connectivity index (χ2n) is 6.49. The van der Waals surface area contributed by atoms with Gasteiger partial charge in [0.25, 0.3) is 0 Å². The van der Waals surface area contributed by atoms with Crippen LogP contribution in [0.2, 0.25) is 0 Å². The number of aromatic nitrogens is 3. The van der Waals surface area contributed by atoms with Crippen LogP contribution in [-0.2, 0) is 6.42 Å². The maximum absolute atomic E-state index is 10.6. The van der Waals surface area contributed by atoms with Crippen molar-refractivity contribution in [3.05, 3.63) is 54.0 Å². The van der Waals surface area contributed by atoms with Gasteiger partial charge >= 0.3 is 0 Å². The quantitative estimate of drug-likeness (QED) is 0.814. The zero-order valence-electron chi connectivity index (χ0n) is 14.6. The van der Waals surface area contributed by atoms with E-state index in [2.05, 4.69) is 26.4 Å². The highest BCUT2D eigenvalue weighted by Gasteiger charge is 2.28. The van der Waals surface area contributed by atoms with Crippen LogP contribution in [0.5, 0.6) is 0 Å². The summed E-state index contributed by atoms with van der Waals surface area (Å²) in [7, 11) is 0. The number of pyridine rings is 1. The summed E-state index contributed by atoms with van der Waals surface area (Å²) in [5.41, 5.74) is 8.58. The molecule has 3 N–H and O–H groups in total. The molecule has 0 aliphatic carbocycles. The minimum atomic E-state index is -0.520. The van der Waals surface area contributed by atoms with E-state index in [4.69, 9.17) is 5.73 Å².